The van der Waals surface area contributed by atoms with Gasteiger partial charge in [-0.1, -0.05) is 20.8 Å². The second-order valence-corrected chi connectivity index (χ2v) is 7.71. The highest BCUT2D eigenvalue weighted by molar-refractivity contribution is 5.77. The molecule has 2 unspecified atom stereocenters. The van der Waals surface area contributed by atoms with E-state index in [0.29, 0.717) is 24.9 Å². The van der Waals surface area contributed by atoms with Crippen LogP contribution in [0.5, 0.6) is 0 Å². The third-order valence-electron chi connectivity index (χ3n) is 4.58. The van der Waals surface area contributed by atoms with Gasteiger partial charge in [0.25, 0.3) is 0 Å². The minimum atomic E-state index is -0.0943. The van der Waals surface area contributed by atoms with Gasteiger partial charge >= 0.3 is 0 Å². The minimum absolute atomic E-state index is 0.0943. The molecule has 2 rings (SSSR count). The number of amides is 1. The number of carbonyl (C=O) groups excluding carboxylic acids is 1. The van der Waals surface area contributed by atoms with Crippen LogP contribution in [-0.2, 0) is 16.6 Å². The summed E-state index contributed by atoms with van der Waals surface area (Å²) in [6.07, 6.45) is 4.61. The molecule has 22 heavy (non-hydrogen) atoms. The van der Waals surface area contributed by atoms with Crippen molar-refractivity contribution < 1.29 is 9.21 Å². The van der Waals surface area contributed by atoms with E-state index in [4.69, 9.17) is 4.42 Å². The SMILES string of the molecule is Cc1nc(C(C)(C)C)oc1CCC(=O)N1C(C)CCCC1C. The first-order valence-corrected chi connectivity index (χ1v) is 8.48. The average Bonchev–Trinajstić information content (AvgIpc) is 2.77. The van der Waals surface area contributed by atoms with Crippen molar-refractivity contribution in [2.75, 3.05) is 0 Å². The molecule has 1 aliphatic rings. The number of carbonyl (C=O) groups is 1. The van der Waals surface area contributed by atoms with E-state index in [2.05, 4.69) is 44.5 Å². The third-order valence-corrected chi connectivity index (χ3v) is 4.58. The van der Waals surface area contributed by atoms with E-state index in [1.165, 1.54) is 6.42 Å². The zero-order valence-electron chi connectivity index (χ0n) is 14.9. The maximum absolute atomic E-state index is 12.6. The number of piperidine rings is 1. The molecule has 4 nitrogen and oxygen atoms in total. The van der Waals surface area contributed by atoms with E-state index in [0.717, 1.165) is 30.2 Å². The lowest BCUT2D eigenvalue weighted by Gasteiger charge is -2.39. The lowest BCUT2D eigenvalue weighted by molar-refractivity contribution is -0.137. The molecular formula is C18H30N2O2. The van der Waals surface area contributed by atoms with Crippen LogP contribution in [0.25, 0.3) is 0 Å². The second-order valence-electron chi connectivity index (χ2n) is 7.71. The van der Waals surface area contributed by atoms with Crippen molar-refractivity contribution in [2.24, 2.45) is 0 Å². The molecule has 4 heteroatoms. The first-order valence-electron chi connectivity index (χ1n) is 8.48. The Morgan fingerprint density at radius 3 is 2.36 bits per heavy atom. The molecular weight excluding hydrogens is 276 g/mol. The van der Waals surface area contributed by atoms with Crippen LogP contribution in [0.3, 0.4) is 0 Å². The minimum Gasteiger partial charge on any atom is -0.445 e. The quantitative estimate of drug-likeness (QED) is 0.848. The van der Waals surface area contributed by atoms with Crippen molar-refractivity contribution in [3.63, 3.8) is 0 Å². The van der Waals surface area contributed by atoms with E-state index in [1.54, 1.807) is 0 Å². The van der Waals surface area contributed by atoms with Crippen molar-refractivity contribution in [3.05, 3.63) is 17.3 Å². The Morgan fingerprint density at radius 1 is 1.27 bits per heavy atom. The highest BCUT2D eigenvalue weighted by atomic mass is 16.4. The summed E-state index contributed by atoms with van der Waals surface area (Å²) in [6.45, 7) is 12.5. The first-order chi connectivity index (χ1) is 10.2. The Hall–Kier alpha value is -1.32. The zero-order chi connectivity index (χ0) is 16.5. The van der Waals surface area contributed by atoms with E-state index in [-0.39, 0.29) is 11.3 Å². The fourth-order valence-corrected chi connectivity index (χ4v) is 3.24. The molecule has 1 saturated heterocycles. The fourth-order valence-electron chi connectivity index (χ4n) is 3.24. The van der Waals surface area contributed by atoms with Gasteiger partial charge in [-0.15, -0.1) is 0 Å². The van der Waals surface area contributed by atoms with Gasteiger partial charge in [0.05, 0.1) is 5.69 Å². The molecule has 124 valence electrons. The lowest BCUT2D eigenvalue weighted by Crippen LogP contribution is -2.47. The maximum atomic E-state index is 12.6. The second kappa shape index (κ2) is 6.43. The molecule has 0 radical (unpaired) electrons. The molecule has 0 bridgehead atoms. The van der Waals surface area contributed by atoms with E-state index in [1.807, 2.05) is 6.92 Å². The van der Waals surface area contributed by atoms with Gasteiger partial charge in [-0.2, -0.15) is 0 Å². The summed E-state index contributed by atoms with van der Waals surface area (Å²) in [5, 5.41) is 0. The van der Waals surface area contributed by atoms with Gasteiger partial charge < -0.3 is 9.32 Å². The molecule has 1 fully saturated rings. The van der Waals surface area contributed by atoms with Crippen molar-refractivity contribution >= 4 is 5.91 Å². The Kier molecular flexibility index (Phi) is 4.98. The van der Waals surface area contributed by atoms with Crippen molar-refractivity contribution in [1.29, 1.82) is 0 Å². The van der Waals surface area contributed by atoms with Crippen LogP contribution in [0.2, 0.25) is 0 Å². The number of hydrogen-bond donors (Lipinski definition) is 0. The van der Waals surface area contributed by atoms with Gasteiger partial charge in [-0.3, -0.25) is 4.79 Å². The van der Waals surface area contributed by atoms with E-state index >= 15 is 0 Å². The van der Waals surface area contributed by atoms with Crippen LogP contribution < -0.4 is 0 Å². The van der Waals surface area contributed by atoms with E-state index < -0.39 is 0 Å². The van der Waals surface area contributed by atoms with Crippen LogP contribution in [-0.4, -0.2) is 27.9 Å². The Morgan fingerprint density at radius 2 is 1.86 bits per heavy atom. The Bertz CT molecular complexity index is 518. The monoisotopic (exact) mass is 306 g/mol. The molecule has 0 aromatic carbocycles. The number of likely N-dealkylation sites (tertiary alicyclic amines) is 1. The molecule has 0 saturated carbocycles. The van der Waals surface area contributed by atoms with Gasteiger partial charge in [0.15, 0.2) is 5.89 Å². The summed E-state index contributed by atoms with van der Waals surface area (Å²) in [5.74, 6) is 1.86. The number of rotatable bonds is 3. The lowest BCUT2D eigenvalue weighted by atomic mass is 9.97. The molecule has 2 heterocycles. The summed E-state index contributed by atoms with van der Waals surface area (Å²) in [4.78, 5) is 19.2. The van der Waals surface area contributed by atoms with Crippen LogP contribution >= 0.6 is 0 Å². The normalized spacial score (nSPS) is 22.9. The van der Waals surface area contributed by atoms with Crippen LogP contribution in [0.4, 0.5) is 0 Å². The predicted octanol–water partition coefficient (Wildman–Crippen LogP) is 4.00. The van der Waals surface area contributed by atoms with Gasteiger partial charge in [-0.05, 0) is 40.0 Å². The molecule has 1 aromatic rings. The molecule has 1 amide bonds. The van der Waals surface area contributed by atoms with Gasteiger partial charge in [-0.25, -0.2) is 4.98 Å². The maximum Gasteiger partial charge on any atom is 0.223 e. The smallest absolute Gasteiger partial charge is 0.223 e. The summed E-state index contributed by atoms with van der Waals surface area (Å²) in [6, 6.07) is 0.717. The summed E-state index contributed by atoms with van der Waals surface area (Å²) >= 11 is 0. The largest absolute Gasteiger partial charge is 0.445 e. The number of aromatic nitrogens is 1. The van der Waals surface area contributed by atoms with Crippen LogP contribution in [0.1, 0.15) is 77.6 Å². The van der Waals surface area contributed by atoms with Crippen molar-refractivity contribution in [2.45, 2.75) is 91.1 Å². The Labute approximate surface area is 134 Å². The third kappa shape index (κ3) is 3.71. The van der Waals surface area contributed by atoms with E-state index in [9.17, 15) is 4.79 Å². The number of aryl methyl sites for hydroxylation is 2. The Balaban J connectivity index is 2.00. The number of hydrogen-bond acceptors (Lipinski definition) is 3. The predicted molar refractivity (Wildman–Crippen MR) is 87.9 cm³/mol. The standard InChI is InChI=1S/C18H30N2O2/c1-12-8-7-9-13(2)20(12)16(21)11-10-15-14(3)19-17(22-15)18(4,5)6/h12-13H,7-11H2,1-6H3. The van der Waals surface area contributed by atoms with Crippen molar-refractivity contribution in [3.8, 4) is 0 Å². The highest BCUT2D eigenvalue weighted by Gasteiger charge is 2.29. The topological polar surface area (TPSA) is 46.3 Å². The molecule has 2 atom stereocenters. The first kappa shape index (κ1) is 17.0. The van der Waals surface area contributed by atoms with Gasteiger partial charge in [0, 0.05) is 30.3 Å². The van der Waals surface area contributed by atoms with Gasteiger partial charge in [0.1, 0.15) is 5.76 Å². The summed E-state index contributed by atoms with van der Waals surface area (Å²) in [5.41, 5.74) is 0.820. The highest BCUT2D eigenvalue weighted by Crippen LogP contribution is 2.26. The molecule has 0 N–H and O–H groups in total. The zero-order valence-corrected chi connectivity index (χ0v) is 14.9. The number of oxazole rings is 1. The van der Waals surface area contributed by atoms with Crippen molar-refractivity contribution in [1.82, 2.24) is 9.88 Å². The number of nitrogens with zero attached hydrogens (tertiary/aromatic N) is 2. The van der Waals surface area contributed by atoms with Gasteiger partial charge in [0.2, 0.25) is 5.91 Å². The molecule has 1 aromatic heterocycles. The van der Waals surface area contributed by atoms with Crippen LogP contribution in [0, 0.1) is 6.92 Å². The average molecular weight is 306 g/mol. The summed E-state index contributed by atoms with van der Waals surface area (Å²) < 4.78 is 5.89. The van der Waals surface area contributed by atoms with Crippen LogP contribution in [0.15, 0.2) is 4.42 Å². The molecule has 0 aliphatic carbocycles. The summed E-state index contributed by atoms with van der Waals surface area (Å²) in [7, 11) is 0. The fraction of sp³-hybridized carbons (Fsp3) is 0.778. The molecule has 0 spiro atoms. The molecule has 1 aliphatic heterocycles.